The smallest absolute Gasteiger partial charge is 0.273 e. The Hall–Kier alpha value is -3.08. The number of carbonyl (C=O) groups is 2. The molecule has 1 heterocycles. The molecule has 0 saturated carbocycles. The fraction of sp³-hybridized carbons (Fsp3) is 0.0435. The number of para-hydroxylation sites is 1. The predicted octanol–water partition coefficient (Wildman–Crippen LogP) is 5.65. The normalized spacial score (nSPS) is 13.9. The number of halogens is 2. The van der Waals surface area contributed by atoms with Crippen molar-refractivity contribution in [3.05, 3.63) is 100 Å². The highest BCUT2D eigenvalue weighted by molar-refractivity contribution is 6.55. The van der Waals surface area contributed by atoms with E-state index < -0.39 is 11.8 Å². The number of ether oxygens (including phenoxy) is 1. The van der Waals surface area contributed by atoms with Gasteiger partial charge in [-0.2, -0.15) is 0 Å². The van der Waals surface area contributed by atoms with Crippen LogP contribution in [0.2, 0.25) is 5.02 Å². The topological polar surface area (TPSA) is 46.6 Å². The lowest BCUT2D eigenvalue weighted by atomic mass is 10.1. The number of amides is 2. The summed E-state index contributed by atoms with van der Waals surface area (Å²) < 4.78 is 5.76. The van der Waals surface area contributed by atoms with Crippen LogP contribution in [0.1, 0.15) is 11.1 Å². The maximum Gasteiger partial charge on any atom is 0.273 e. The van der Waals surface area contributed by atoms with Crippen molar-refractivity contribution < 1.29 is 14.3 Å². The molecule has 4 nitrogen and oxygen atoms in total. The van der Waals surface area contributed by atoms with Crippen LogP contribution in [0.25, 0.3) is 5.57 Å². The number of imide groups is 1. The maximum absolute atomic E-state index is 12.8. The minimum Gasteiger partial charge on any atom is -0.457 e. The van der Waals surface area contributed by atoms with Crippen LogP contribution in [-0.4, -0.2) is 16.7 Å². The number of hydrogen-bond acceptors (Lipinski definition) is 3. The van der Waals surface area contributed by atoms with Crippen LogP contribution in [0.4, 0.5) is 0 Å². The molecule has 0 saturated heterocycles. The molecule has 0 atom stereocenters. The summed E-state index contributed by atoms with van der Waals surface area (Å²) in [6.45, 7) is 0.122. The van der Waals surface area contributed by atoms with Gasteiger partial charge in [-0.05, 0) is 47.5 Å². The molecule has 2 amide bonds. The predicted molar refractivity (Wildman–Crippen MR) is 113 cm³/mol. The Morgan fingerprint density at radius 2 is 1.34 bits per heavy atom. The third kappa shape index (κ3) is 4.04. The minimum absolute atomic E-state index is 0.0821. The minimum atomic E-state index is -0.508. The van der Waals surface area contributed by atoms with Crippen molar-refractivity contribution in [3.8, 4) is 11.5 Å². The van der Waals surface area contributed by atoms with Crippen molar-refractivity contribution in [1.29, 1.82) is 0 Å². The molecule has 144 valence electrons. The molecule has 29 heavy (non-hydrogen) atoms. The molecule has 4 rings (SSSR count). The van der Waals surface area contributed by atoms with E-state index in [1.54, 1.807) is 36.4 Å². The van der Waals surface area contributed by atoms with Gasteiger partial charge in [-0.1, -0.05) is 65.7 Å². The Morgan fingerprint density at radius 3 is 2.00 bits per heavy atom. The first-order valence-electron chi connectivity index (χ1n) is 8.86. The summed E-state index contributed by atoms with van der Waals surface area (Å²) in [4.78, 5) is 26.5. The van der Waals surface area contributed by atoms with E-state index in [1.807, 2.05) is 42.5 Å². The Balaban J connectivity index is 1.49. The summed E-state index contributed by atoms with van der Waals surface area (Å²) in [5.41, 5.74) is 1.54. The largest absolute Gasteiger partial charge is 0.457 e. The quantitative estimate of drug-likeness (QED) is 0.498. The summed E-state index contributed by atoms with van der Waals surface area (Å²) in [5, 5.41) is 0.457. The molecule has 0 radical (unpaired) electrons. The van der Waals surface area contributed by atoms with Crippen LogP contribution in [0, 0.1) is 0 Å². The first-order chi connectivity index (χ1) is 14.0. The summed E-state index contributed by atoms with van der Waals surface area (Å²) in [7, 11) is 0. The molecule has 3 aromatic rings. The van der Waals surface area contributed by atoms with Crippen LogP contribution in [0.3, 0.4) is 0 Å². The van der Waals surface area contributed by atoms with Gasteiger partial charge < -0.3 is 4.74 Å². The zero-order valence-corrected chi connectivity index (χ0v) is 16.7. The van der Waals surface area contributed by atoms with Crippen LogP contribution in [-0.2, 0) is 16.1 Å². The van der Waals surface area contributed by atoms with Crippen LogP contribution < -0.4 is 4.74 Å². The van der Waals surface area contributed by atoms with Crippen molar-refractivity contribution in [2.75, 3.05) is 0 Å². The van der Waals surface area contributed by atoms with Crippen molar-refractivity contribution >= 4 is 40.6 Å². The Morgan fingerprint density at radius 1 is 0.724 bits per heavy atom. The van der Waals surface area contributed by atoms with Gasteiger partial charge in [0.1, 0.15) is 16.5 Å². The Labute approximate surface area is 177 Å². The lowest BCUT2D eigenvalue weighted by molar-refractivity contribution is -0.137. The molecule has 0 aliphatic carbocycles. The second-order valence-electron chi connectivity index (χ2n) is 6.45. The SMILES string of the molecule is O=C1C(Cl)=C(c2ccc(Cl)cc2)C(=O)N1Cc1ccc(Oc2ccccc2)cc1. The van der Waals surface area contributed by atoms with E-state index >= 15 is 0 Å². The van der Waals surface area contributed by atoms with E-state index in [1.165, 1.54) is 0 Å². The third-order valence-electron chi connectivity index (χ3n) is 4.49. The molecule has 0 fully saturated rings. The van der Waals surface area contributed by atoms with Gasteiger partial charge in [0.25, 0.3) is 11.8 Å². The highest BCUT2D eigenvalue weighted by Gasteiger charge is 2.38. The number of rotatable bonds is 5. The van der Waals surface area contributed by atoms with Gasteiger partial charge in [-0.15, -0.1) is 0 Å². The first-order valence-corrected chi connectivity index (χ1v) is 9.62. The number of benzene rings is 3. The molecule has 6 heteroatoms. The van der Waals surface area contributed by atoms with E-state index in [0.29, 0.717) is 16.3 Å². The van der Waals surface area contributed by atoms with Crippen molar-refractivity contribution in [1.82, 2.24) is 4.90 Å². The first kappa shape index (κ1) is 19.2. The van der Waals surface area contributed by atoms with E-state index in [9.17, 15) is 9.59 Å². The second kappa shape index (κ2) is 8.11. The molecule has 0 N–H and O–H groups in total. The van der Waals surface area contributed by atoms with E-state index in [4.69, 9.17) is 27.9 Å². The zero-order chi connectivity index (χ0) is 20.4. The monoisotopic (exact) mass is 423 g/mol. The highest BCUT2D eigenvalue weighted by atomic mass is 35.5. The molecule has 1 aliphatic heterocycles. The molecule has 0 spiro atoms. The molecular formula is C23H15Cl2NO3. The molecule has 0 unspecified atom stereocenters. The van der Waals surface area contributed by atoms with Crippen LogP contribution in [0.5, 0.6) is 11.5 Å². The average Bonchev–Trinajstić information content (AvgIpc) is 2.94. The van der Waals surface area contributed by atoms with Gasteiger partial charge in [-0.3, -0.25) is 14.5 Å². The van der Waals surface area contributed by atoms with Crippen LogP contribution in [0.15, 0.2) is 83.9 Å². The maximum atomic E-state index is 12.8. The molecule has 0 bridgehead atoms. The number of hydrogen-bond donors (Lipinski definition) is 0. The number of carbonyl (C=O) groups excluding carboxylic acids is 2. The Bertz CT molecular complexity index is 1090. The van der Waals surface area contributed by atoms with Gasteiger partial charge in [0, 0.05) is 5.02 Å². The lowest BCUT2D eigenvalue weighted by Crippen LogP contribution is -2.30. The molecule has 3 aromatic carbocycles. The fourth-order valence-electron chi connectivity index (χ4n) is 3.03. The molecule has 0 aromatic heterocycles. The van der Waals surface area contributed by atoms with Crippen molar-refractivity contribution in [3.63, 3.8) is 0 Å². The van der Waals surface area contributed by atoms with E-state index in [-0.39, 0.29) is 17.2 Å². The second-order valence-corrected chi connectivity index (χ2v) is 7.27. The molecular weight excluding hydrogens is 409 g/mol. The van der Waals surface area contributed by atoms with E-state index in [2.05, 4.69) is 0 Å². The molecule has 1 aliphatic rings. The van der Waals surface area contributed by atoms with Crippen molar-refractivity contribution in [2.45, 2.75) is 6.54 Å². The fourth-order valence-corrected chi connectivity index (χ4v) is 3.44. The van der Waals surface area contributed by atoms with Gasteiger partial charge in [0.05, 0.1) is 12.1 Å². The summed E-state index contributed by atoms with van der Waals surface area (Å²) in [6.07, 6.45) is 0. The lowest BCUT2D eigenvalue weighted by Gasteiger charge is -2.15. The van der Waals surface area contributed by atoms with Gasteiger partial charge in [-0.25, -0.2) is 0 Å². The Kier molecular flexibility index (Phi) is 5.38. The summed E-state index contributed by atoms with van der Waals surface area (Å²) >= 11 is 12.1. The van der Waals surface area contributed by atoms with Gasteiger partial charge in [0.2, 0.25) is 0 Å². The summed E-state index contributed by atoms with van der Waals surface area (Å²) in [6, 6.07) is 23.3. The van der Waals surface area contributed by atoms with Gasteiger partial charge in [0.15, 0.2) is 0 Å². The highest BCUT2D eigenvalue weighted by Crippen LogP contribution is 2.33. The van der Waals surface area contributed by atoms with E-state index in [0.717, 1.165) is 16.2 Å². The van der Waals surface area contributed by atoms with Crippen LogP contribution >= 0.6 is 23.2 Å². The van der Waals surface area contributed by atoms with Crippen molar-refractivity contribution in [2.24, 2.45) is 0 Å². The third-order valence-corrected chi connectivity index (χ3v) is 5.09. The standard InChI is InChI=1S/C23H15Cl2NO3/c24-17-10-8-16(9-11-17)20-21(25)23(28)26(22(20)27)14-15-6-12-19(13-7-15)29-18-4-2-1-3-5-18/h1-13H,14H2. The zero-order valence-electron chi connectivity index (χ0n) is 15.1. The summed E-state index contributed by atoms with van der Waals surface area (Å²) in [5.74, 6) is 0.462. The van der Waals surface area contributed by atoms with Gasteiger partial charge >= 0.3 is 0 Å². The average molecular weight is 424 g/mol. The number of nitrogens with zero attached hydrogens (tertiary/aromatic N) is 1.